The second-order valence-electron chi connectivity index (χ2n) is 6.40. The quantitative estimate of drug-likeness (QED) is 0.540. The molecule has 0 saturated heterocycles. The number of rotatable bonds is 11. The molecule has 3 N–H and O–H groups in total. The van der Waals surface area contributed by atoms with Crippen LogP contribution in [-0.4, -0.2) is 48.3 Å². The molecule has 152 valence electrons. The molecule has 0 saturated carbocycles. The highest BCUT2D eigenvalue weighted by Crippen LogP contribution is 2.15. The van der Waals surface area contributed by atoms with Crippen LogP contribution in [0.4, 0.5) is 8.78 Å². The van der Waals surface area contributed by atoms with Crippen molar-refractivity contribution in [2.24, 2.45) is 0 Å². The molecule has 6 nitrogen and oxygen atoms in total. The van der Waals surface area contributed by atoms with Crippen LogP contribution in [0.15, 0.2) is 18.2 Å². The highest BCUT2D eigenvalue weighted by atomic mass is 19.1. The predicted octanol–water partition coefficient (Wildman–Crippen LogP) is 1.69. The van der Waals surface area contributed by atoms with Gasteiger partial charge in [0, 0.05) is 25.6 Å². The van der Waals surface area contributed by atoms with E-state index in [0.29, 0.717) is 18.6 Å². The molecule has 8 heteroatoms. The Labute approximate surface area is 158 Å². The Morgan fingerprint density at radius 2 is 1.78 bits per heavy atom. The number of carbonyl (C=O) groups excluding carboxylic acids is 2. The fraction of sp³-hybridized carbons (Fsp3) is 0.579. The van der Waals surface area contributed by atoms with E-state index in [0.717, 1.165) is 18.2 Å². The third-order valence-electron chi connectivity index (χ3n) is 4.05. The van der Waals surface area contributed by atoms with Crippen molar-refractivity contribution < 1.29 is 28.2 Å². The summed E-state index contributed by atoms with van der Waals surface area (Å²) < 4.78 is 31.9. The van der Waals surface area contributed by atoms with Gasteiger partial charge < -0.3 is 20.5 Å². The molecule has 0 fully saturated rings. The van der Waals surface area contributed by atoms with Gasteiger partial charge in [0.2, 0.25) is 11.8 Å². The molecule has 0 spiro atoms. The van der Waals surface area contributed by atoms with Gasteiger partial charge in [-0.25, -0.2) is 8.78 Å². The number of ether oxygens (including phenoxy) is 1. The zero-order valence-electron chi connectivity index (χ0n) is 15.9. The minimum atomic E-state index is -1.02. The van der Waals surface area contributed by atoms with Gasteiger partial charge in [0.25, 0.3) is 0 Å². The highest BCUT2D eigenvalue weighted by Gasteiger charge is 2.25. The molecule has 1 aromatic rings. The zero-order chi connectivity index (χ0) is 20.4. The van der Waals surface area contributed by atoms with E-state index in [1.54, 1.807) is 6.92 Å². The van der Waals surface area contributed by atoms with Crippen LogP contribution in [0.3, 0.4) is 0 Å². The molecule has 0 heterocycles. The number of aliphatic hydroxyl groups is 1. The van der Waals surface area contributed by atoms with E-state index in [9.17, 15) is 23.5 Å². The number of hydrogen-bond donors (Lipinski definition) is 3. The zero-order valence-corrected chi connectivity index (χ0v) is 15.9. The van der Waals surface area contributed by atoms with E-state index in [1.807, 2.05) is 6.92 Å². The van der Waals surface area contributed by atoms with Gasteiger partial charge in [-0.3, -0.25) is 9.59 Å². The number of amides is 2. The van der Waals surface area contributed by atoms with Gasteiger partial charge in [-0.15, -0.1) is 0 Å². The number of hydrogen-bond acceptors (Lipinski definition) is 4. The minimum absolute atomic E-state index is 0.0543. The lowest BCUT2D eigenvalue weighted by atomic mass is 9.95. The van der Waals surface area contributed by atoms with Crippen molar-refractivity contribution >= 4 is 11.8 Å². The first-order chi connectivity index (χ1) is 12.7. The van der Waals surface area contributed by atoms with Crippen molar-refractivity contribution in [3.63, 3.8) is 0 Å². The third kappa shape index (κ3) is 8.92. The summed E-state index contributed by atoms with van der Waals surface area (Å²) in [4.78, 5) is 23.3. The Kier molecular flexibility index (Phi) is 9.88. The second kappa shape index (κ2) is 11.6. The Bertz CT molecular complexity index is 607. The lowest BCUT2D eigenvalue weighted by Gasteiger charge is -2.27. The number of carbonyl (C=O) groups is 2. The van der Waals surface area contributed by atoms with E-state index in [2.05, 4.69) is 10.6 Å². The average molecular weight is 386 g/mol. The molecule has 0 aliphatic heterocycles. The summed E-state index contributed by atoms with van der Waals surface area (Å²) in [5.41, 5.74) is 0.318. The van der Waals surface area contributed by atoms with Crippen molar-refractivity contribution in [3.05, 3.63) is 35.4 Å². The molecule has 2 amide bonds. The maximum atomic E-state index is 13.4. The molecule has 1 aromatic carbocycles. The fourth-order valence-corrected chi connectivity index (χ4v) is 2.77. The Morgan fingerprint density at radius 3 is 2.30 bits per heavy atom. The van der Waals surface area contributed by atoms with Crippen molar-refractivity contribution in [2.45, 2.75) is 58.2 Å². The first-order valence-electron chi connectivity index (χ1n) is 9.02. The first kappa shape index (κ1) is 23.0. The van der Waals surface area contributed by atoms with Gasteiger partial charge >= 0.3 is 0 Å². The normalized spacial score (nSPS) is 14.3. The van der Waals surface area contributed by atoms with Crippen LogP contribution in [0.1, 0.15) is 39.2 Å². The van der Waals surface area contributed by atoms with Crippen LogP contribution >= 0.6 is 0 Å². The lowest BCUT2D eigenvalue weighted by molar-refractivity contribution is -0.126. The van der Waals surface area contributed by atoms with Gasteiger partial charge in [0.05, 0.1) is 12.1 Å². The molecule has 0 radical (unpaired) electrons. The first-order valence-corrected chi connectivity index (χ1v) is 9.02. The molecule has 3 atom stereocenters. The smallest absolute Gasteiger partial charge is 0.246 e. The Hall–Kier alpha value is -2.06. The van der Waals surface area contributed by atoms with Gasteiger partial charge in [-0.05, 0) is 43.9 Å². The summed E-state index contributed by atoms with van der Waals surface area (Å²) >= 11 is 0. The number of halogens is 2. The van der Waals surface area contributed by atoms with Crippen LogP contribution in [0, 0.1) is 11.6 Å². The standard InChI is InChI=1S/C19H28F2N2O4/c1-4-16(23-19(26)11-27-5-2)10-18(25)17(22-12(3)24)8-13-6-14(20)9-15(21)7-13/h6-7,9,16-18,25H,4-5,8,10-11H2,1-3H3,(H,22,24)(H,23,26). The molecular formula is C19H28F2N2O4. The van der Waals surface area contributed by atoms with Gasteiger partial charge in [0.1, 0.15) is 18.2 Å². The fourth-order valence-electron chi connectivity index (χ4n) is 2.77. The lowest BCUT2D eigenvalue weighted by Crippen LogP contribution is -2.48. The molecule has 0 bridgehead atoms. The maximum absolute atomic E-state index is 13.4. The summed E-state index contributed by atoms with van der Waals surface area (Å²) in [6.45, 7) is 5.28. The number of nitrogens with one attached hydrogen (secondary N) is 2. The summed E-state index contributed by atoms with van der Waals surface area (Å²) in [6, 6.07) is 2.00. The second-order valence-corrected chi connectivity index (χ2v) is 6.40. The molecule has 27 heavy (non-hydrogen) atoms. The van der Waals surface area contributed by atoms with Crippen molar-refractivity contribution in [1.29, 1.82) is 0 Å². The Balaban J connectivity index is 2.79. The maximum Gasteiger partial charge on any atom is 0.246 e. The summed E-state index contributed by atoms with van der Waals surface area (Å²) in [6.07, 6.45) is -0.218. The molecule has 0 aliphatic rings. The molecule has 3 unspecified atom stereocenters. The van der Waals surface area contributed by atoms with E-state index < -0.39 is 23.8 Å². The molecule has 0 aromatic heterocycles. The Morgan fingerprint density at radius 1 is 1.15 bits per heavy atom. The van der Waals surface area contributed by atoms with E-state index >= 15 is 0 Å². The topological polar surface area (TPSA) is 87.7 Å². The number of benzene rings is 1. The van der Waals surface area contributed by atoms with Gasteiger partial charge in [-0.1, -0.05) is 6.92 Å². The van der Waals surface area contributed by atoms with Crippen LogP contribution in [-0.2, 0) is 20.7 Å². The van der Waals surface area contributed by atoms with Crippen LogP contribution < -0.4 is 10.6 Å². The van der Waals surface area contributed by atoms with Crippen molar-refractivity contribution in [2.75, 3.05) is 13.2 Å². The molecule has 1 rings (SSSR count). The van der Waals surface area contributed by atoms with Crippen LogP contribution in [0.2, 0.25) is 0 Å². The predicted molar refractivity (Wildman–Crippen MR) is 97.0 cm³/mol. The monoisotopic (exact) mass is 386 g/mol. The van der Waals surface area contributed by atoms with Crippen molar-refractivity contribution in [3.8, 4) is 0 Å². The molecular weight excluding hydrogens is 358 g/mol. The largest absolute Gasteiger partial charge is 0.391 e. The van der Waals surface area contributed by atoms with Gasteiger partial charge in [0.15, 0.2) is 0 Å². The van der Waals surface area contributed by atoms with Gasteiger partial charge in [-0.2, -0.15) is 0 Å². The molecule has 0 aliphatic carbocycles. The van der Waals surface area contributed by atoms with Crippen LogP contribution in [0.25, 0.3) is 0 Å². The third-order valence-corrected chi connectivity index (χ3v) is 4.05. The SMILES string of the molecule is CCOCC(=O)NC(CC)CC(O)C(Cc1cc(F)cc(F)c1)NC(C)=O. The minimum Gasteiger partial charge on any atom is -0.391 e. The van der Waals surface area contributed by atoms with Crippen molar-refractivity contribution in [1.82, 2.24) is 10.6 Å². The summed E-state index contributed by atoms with van der Waals surface area (Å²) in [5.74, 6) is -2.12. The van der Waals surface area contributed by atoms with Crippen LogP contribution in [0.5, 0.6) is 0 Å². The van der Waals surface area contributed by atoms with E-state index in [1.165, 1.54) is 6.92 Å². The highest BCUT2D eigenvalue weighted by molar-refractivity contribution is 5.77. The van der Waals surface area contributed by atoms with E-state index in [-0.39, 0.29) is 37.3 Å². The summed E-state index contributed by atoms with van der Waals surface area (Å²) in [7, 11) is 0. The van der Waals surface area contributed by atoms with E-state index in [4.69, 9.17) is 4.74 Å². The average Bonchev–Trinajstić information content (AvgIpc) is 2.57. The number of aliphatic hydroxyl groups excluding tert-OH is 1. The summed E-state index contributed by atoms with van der Waals surface area (Å²) in [5, 5.41) is 15.9.